The maximum Gasteiger partial charge on any atom is 0.193 e. The van der Waals surface area contributed by atoms with Crippen molar-refractivity contribution in [3.63, 3.8) is 0 Å². The van der Waals surface area contributed by atoms with E-state index in [1.54, 1.807) is 0 Å². The van der Waals surface area contributed by atoms with E-state index in [1.807, 2.05) is 11.3 Å². The molecule has 14 heavy (non-hydrogen) atoms. The van der Waals surface area contributed by atoms with Crippen molar-refractivity contribution in [2.24, 2.45) is 5.92 Å². The molecule has 2 rings (SSSR count). The molecule has 0 radical (unpaired) electrons. The van der Waals surface area contributed by atoms with E-state index in [4.69, 9.17) is 9.47 Å². The van der Waals surface area contributed by atoms with E-state index in [9.17, 15) is 0 Å². The maximum absolute atomic E-state index is 5.45. The Morgan fingerprint density at radius 3 is 2.71 bits per heavy atom. The van der Waals surface area contributed by atoms with Crippen LogP contribution in [0.1, 0.15) is 29.9 Å². The Morgan fingerprint density at radius 1 is 1.36 bits per heavy atom. The van der Waals surface area contributed by atoms with Gasteiger partial charge in [-0.3, -0.25) is 0 Å². The van der Waals surface area contributed by atoms with E-state index in [0.29, 0.717) is 5.92 Å². The second-order valence-electron chi connectivity index (χ2n) is 3.98. The van der Waals surface area contributed by atoms with Gasteiger partial charge in [-0.2, -0.15) is 0 Å². The summed E-state index contributed by atoms with van der Waals surface area (Å²) in [6, 6.07) is 4.31. The van der Waals surface area contributed by atoms with Gasteiger partial charge in [0.05, 0.1) is 18.1 Å². The lowest BCUT2D eigenvalue weighted by atomic mass is 10.1. The summed E-state index contributed by atoms with van der Waals surface area (Å²) in [6.45, 7) is 5.92. The molecule has 0 amide bonds. The minimum absolute atomic E-state index is 0.0964. The number of rotatable bonds is 3. The van der Waals surface area contributed by atoms with Crippen LogP contribution in [-0.2, 0) is 15.9 Å². The molecule has 0 N–H and O–H groups in total. The molecule has 1 aliphatic heterocycles. The predicted molar refractivity (Wildman–Crippen MR) is 57.5 cm³/mol. The van der Waals surface area contributed by atoms with Crippen molar-refractivity contribution >= 4 is 11.3 Å². The van der Waals surface area contributed by atoms with Crippen molar-refractivity contribution < 1.29 is 9.47 Å². The minimum Gasteiger partial charge on any atom is -0.345 e. The van der Waals surface area contributed by atoms with Crippen molar-refractivity contribution in [3.8, 4) is 0 Å². The summed E-state index contributed by atoms with van der Waals surface area (Å²) in [4.78, 5) is 2.63. The third kappa shape index (κ3) is 2.35. The summed E-state index contributed by atoms with van der Waals surface area (Å²) in [5.41, 5.74) is 0. The molecule has 2 heterocycles. The molecule has 0 bridgehead atoms. The van der Waals surface area contributed by atoms with Crippen molar-refractivity contribution in [3.05, 3.63) is 21.9 Å². The van der Waals surface area contributed by atoms with Gasteiger partial charge in [0.15, 0.2) is 6.29 Å². The standard InChI is InChI=1S/C11H16O2S/c1-8(2)7-9-3-4-10(14-9)11-12-5-6-13-11/h3-4,8,11H,5-7H2,1-2H3. The fraction of sp³-hybridized carbons (Fsp3) is 0.636. The Labute approximate surface area is 88.8 Å². The zero-order chi connectivity index (χ0) is 9.97. The average molecular weight is 212 g/mol. The number of hydrogen-bond acceptors (Lipinski definition) is 3. The molecule has 0 spiro atoms. The van der Waals surface area contributed by atoms with Gasteiger partial charge in [0.2, 0.25) is 0 Å². The smallest absolute Gasteiger partial charge is 0.193 e. The van der Waals surface area contributed by atoms with Crippen LogP contribution in [0.25, 0.3) is 0 Å². The summed E-state index contributed by atoms with van der Waals surface area (Å²) in [5.74, 6) is 0.715. The third-order valence-electron chi connectivity index (χ3n) is 2.15. The van der Waals surface area contributed by atoms with Gasteiger partial charge < -0.3 is 9.47 Å². The Morgan fingerprint density at radius 2 is 2.07 bits per heavy atom. The number of hydrogen-bond donors (Lipinski definition) is 0. The molecule has 0 unspecified atom stereocenters. The van der Waals surface area contributed by atoms with E-state index < -0.39 is 0 Å². The molecule has 1 aromatic heterocycles. The molecular formula is C11H16O2S. The van der Waals surface area contributed by atoms with Crippen LogP contribution in [0.15, 0.2) is 12.1 Å². The van der Waals surface area contributed by atoms with Gasteiger partial charge in [-0.15, -0.1) is 11.3 Å². The number of ether oxygens (including phenoxy) is 2. The van der Waals surface area contributed by atoms with Crippen LogP contribution in [0.5, 0.6) is 0 Å². The van der Waals surface area contributed by atoms with Gasteiger partial charge in [0, 0.05) is 4.88 Å². The predicted octanol–water partition coefficient (Wildman–Crippen LogP) is 2.99. The first kappa shape index (κ1) is 10.1. The molecule has 0 aliphatic carbocycles. The fourth-order valence-corrected chi connectivity index (χ4v) is 2.78. The van der Waals surface area contributed by atoms with Crippen molar-refractivity contribution in [1.29, 1.82) is 0 Å². The van der Waals surface area contributed by atoms with Gasteiger partial charge >= 0.3 is 0 Å². The van der Waals surface area contributed by atoms with Crippen LogP contribution >= 0.6 is 11.3 Å². The molecule has 3 heteroatoms. The maximum atomic E-state index is 5.45. The van der Waals surface area contributed by atoms with Gasteiger partial charge in [-0.25, -0.2) is 0 Å². The minimum atomic E-state index is -0.0964. The Hall–Kier alpha value is -0.380. The first-order valence-corrected chi connectivity index (χ1v) is 5.89. The zero-order valence-corrected chi connectivity index (χ0v) is 9.47. The quantitative estimate of drug-likeness (QED) is 0.767. The Bertz CT molecular complexity index is 287. The van der Waals surface area contributed by atoms with Crippen LogP contribution in [0.3, 0.4) is 0 Å². The molecule has 0 atom stereocenters. The monoisotopic (exact) mass is 212 g/mol. The van der Waals surface area contributed by atoms with Crippen LogP contribution in [0, 0.1) is 5.92 Å². The lowest BCUT2D eigenvalue weighted by Gasteiger charge is -2.05. The molecule has 1 saturated heterocycles. The van der Waals surface area contributed by atoms with Gasteiger partial charge in [-0.05, 0) is 24.5 Å². The van der Waals surface area contributed by atoms with Gasteiger partial charge in [0.25, 0.3) is 0 Å². The molecule has 1 aromatic rings. The molecular weight excluding hydrogens is 196 g/mol. The first-order valence-electron chi connectivity index (χ1n) is 5.07. The van der Waals surface area contributed by atoms with Crippen LogP contribution in [0.4, 0.5) is 0 Å². The molecule has 1 aliphatic rings. The van der Waals surface area contributed by atoms with Crippen molar-refractivity contribution in [2.75, 3.05) is 13.2 Å². The summed E-state index contributed by atoms with van der Waals surface area (Å²) in [6.07, 6.45) is 1.05. The highest BCUT2D eigenvalue weighted by atomic mass is 32.1. The van der Waals surface area contributed by atoms with Crippen molar-refractivity contribution in [1.82, 2.24) is 0 Å². The summed E-state index contributed by atoms with van der Waals surface area (Å²) in [7, 11) is 0. The van der Waals surface area contributed by atoms with E-state index in [1.165, 1.54) is 9.75 Å². The second-order valence-corrected chi connectivity index (χ2v) is 5.18. The summed E-state index contributed by atoms with van der Waals surface area (Å²) < 4.78 is 10.9. The zero-order valence-electron chi connectivity index (χ0n) is 8.66. The van der Waals surface area contributed by atoms with E-state index in [-0.39, 0.29) is 6.29 Å². The van der Waals surface area contributed by atoms with Crippen LogP contribution < -0.4 is 0 Å². The largest absolute Gasteiger partial charge is 0.345 e. The highest BCUT2D eigenvalue weighted by molar-refractivity contribution is 7.12. The van der Waals surface area contributed by atoms with Crippen LogP contribution in [0.2, 0.25) is 0 Å². The highest BCUT2D eigenvalue weighted by Crippen LogP contribution is 2.30. The second kappa shape index (κ2) is 4.43. The molecule has 0 aromatic carbocycles. The van der Waals surface area contributed by atoms with E-state index in [0.717, 1.165) is 19.6 Å². The van der Waals surface area contributed by atoms with Gasteiger partial charge in [0.1, 0.15) is 0 Å². The Balaban J connectivity index is 2.01. The number of thiophene rings is 1. The highest BCUT2D eigenvalue weighted by Gasteiger charge is 2.19. The first-order chi connectivity index (χ1) is 6.75. The Kier molecular flexibility index (Phi) is 3.21. The third-order valence-corrected chi connectivity index (χ3v) is 3.28. The van der Waals surface area contributed by atoms with Gasteiger partial charge in [-0.1, -0.05) is 13.8 Å². The molecule has 1 fully saturated rings. The SMILES string of the molecule is CC(C)Cc1ccc(C2OCCO2)s1. The van der Waals surface area contributed by atoms with Crippen LogP contribution in [-0.4, -0.2) is 13.2 Å². The fourth-order valence-electron chi connectivity index (χ4n) is 1.56. The molecule has 2 nitrogen and oxygen atoms in total. The average Bonchev–Trinajstić information content (AvgIpc) is 2.69. The molecule has 0 saturated carbocycles. The topological polar surface area (TPSA) is 18.5 Å². The van der Waals surface area contributed by atoms with Crippen molar-refractivity contribution in [2.45, 2.75) is 26.6 Å². The lowest BCUT2D eigenvalue weighted by molar-refractivity contribution is -0.0413. The van der Waals surface area contributed by atoms with E-state index >= 15 is 0 Å². The normalized spacial score (nSPS) is 18.2. The van der Waals surface area contributed by atoms with E-state index in [2.05, 4.69) is 26.0 Å². The summed E-state index contributed by atoms with van der Waals surface area (Å²) in [5, 5.41) is 0. The summed E-state index contributed by atoms with van der Waals surface area (Å²) >= 11 is 1.81. The lowest BCUT2D eigenvalue weighted by Crippen LogP contribution is -1.93. The molecule has 78 valence electrons.